The Hall–Kier alpha value is -3.18. The van der Waals surface area contributed by atoms with Crippen LogP contribution in [0.1, 0.15) is 17.2 Å². The Bertz CT molecular complexity index is 888. The van der Waals surface area contributed by atoms with Crippen molar-refractivity contribution in [2.75, 3.05) is 19.7 Å². The number of hydrogen-bond donors (Lipinski definition) is 2. The lowest BCUT2D eigenvalue weighted by molar-refractivity contribution is -0.121. The standard InChI is InChI=1S/C24H25FN2O2/c25-21-13-7-8-14-23(21)29-16-15-26-18-24(28)27-22(20-11-5-2-6-12-20)17-19-9-3-1-4-10-19/h1-14,22,26H,15-18H2,(H,27,28)/t22-/m0/s1. The fraction of sp³-hybridized carbons (Fsp3) is 0.208. The zero-order valence-corrected chi connectivity index (χ0v) is 16.2. The maximum atomic E-state index is 13.5. The lowest BCUT2D eigenvalue weighted by Crippen LogP contribution is -2.38. The summed E-state index contributed by atoms with van der Waals surface area (Å²) in [6.07, 6.45) is 0.715. The lowest BCUT2D eigenvalue weighted by Gasteiger charge is -2.20. The van der Waals surface area contributed by atoms with Gasteiger partial charge in [-0.15, -0.1) is 0 Å². The lowest BCUT2D eigenvalue weighted by atomic mass is 9.99. The summed E-state index contributed by atoms with van der Waals surface area (Å²) in [5, 5.41) is 6.13. The molecule has 150 valence electrons. The van der Waals surface area contributed by atoms with E-state index in [0.717, 1.165) is 11.1 Å². The van der Waals surface area contributed by atoms with Gasteiger partial charge in [0.05, 0.1) is 12.6 Å². The van der Waals surface area contributed by atoms with E-state index in [1.807, 2.05) is 48.5 Å². The van der Waals surface area contributed by atoms with Gasteiger partial charge in [-0.05, 0) is 29.7 Å². The van der Waals surface area contributed by atoms with Crippen LogP contribution in [0.3, 0.4) is 0 Å². The molecule has 1 amide bonds. The van der Waals surface area contributed by atoms with E-state index in [0.29, 0.717) is 13.0 Å². The first-order chi connectivity index (χ1) is 14.2. The molecule has 0 aliphatic carbocycles. The van der Waals surface area contributed by atoms with Crippen LogP contribution >= 0.6 is 0 Å². The molecule has 0 saturated carbocycles. The third kappa shape index (κ3) is 6.73. The van der Waals surface area contributed by atoms with E-state index < -0.39 is 5.82 Å². The molecule has 0 spiro atoms. The maximum absolute atomic E-state index is 13.5. The molecule has 5 heteroatoms. The predicted molar refractivity (Wildman–Crippen MR) is 112 cm³/mol. The van der Waals surface area contributed by atoms with Crippen molar-refractivity contribution in [3.63, 3.8) is 0 Å². The van der Waals surface area contributed by atoms with E-state index in [1.165, 1.54) is 6.07 Å². The summed E-state index contributed by atoms with van der Waals surface area (Å²) in [6.45, 7) is 0.884. The quantitative estimate of drug-likeness (QED) is 0.515. The molecule has 0 unspecified atom stereocenters. The van der Waals surface area contributed by atoms with Gasteiger partial charge in [0.1, 0.15) is 6.61 Å². The largest absolute Gasteiger partial charge is 0.489 e. The summed E-state index contributed by atoms with van der Waals surface area (Å²) in [5.41, 5.74) is 2.22. The van der Waals surface area contributed by atoms with Gasteiger partial charge in [0.2, 0.25) is 5.91 Å². The van der Waals surface area contributed by atoms with Gasteiger partial charge in [0.15, 0.2) is 11.6 Å². The molecule has 3 rings (SSSR count). The number of carbonyl (C=O) groups excluding carboxylic acids is 1. The second-order valence-corrected chi connectivity index (χ2v) is 6.68. The molecule has 0 aromatic heterocycles. The van der Waals surface area contributed by atoms with E-state index in [9.17, 15) is 9.18 Å². The van der Waals surface area contributed by atoms with E-state index >= 15 is 0 Å². The summed E-state index contributed by atoms with van der Waals surface area (Å²) in [6, 6.07) is 26.2. The van der Waals surface area contributed by atoms with Crippen molar-refractivity contribution >= 4 is 5.91 Å². The highest BCUT2D eigenvalue weighted by Crippen LogP contribution is 2.18. The fourth-order valence-electron chi connectivity index (χ4n) is 3.03. The van der Waals surface area contributed by atoms with Crippen molar-refractivity contribution in [3.05, 3.63) is 102 Å². The van der Waals surface area contributed by atoms with Crippen molar-refractivity contribution in [2.24, 2.45) is 0 Å². The molecule has 0 bridgehead atoms. The van der Waals surface area contributed by atoms with Gasteiger partial charge >= 0.3 is 0 Å². The summed E-state index contributed by atoms with van der Waals surface area (Å²) < 4.78 is 18.9. The molecule has 0 heterocycles. The fourth-order valence-corrected chi connectivity index (χ4v) is 3.03. The Morgan fingerprint density at radius 1 is 0.897 bits per heavy atom. The maximum Gasteiger partial charge on any atom is 0.234 e. The average molecular weight is 392 g/mol. The number of carbonyl (C=O) groups is 1. The molecule has 1 atom stereocenters. The average Bonchev–Trinajstić information content (AvgIpc) is 2.76. The van der Waals surface area contributed by atoms with Crippen molar-refractivity contribution in [1.82, 2.24) is 10.6 Å². The highest BCUT2D eigenvalue weighted by Gasteiger charge is 2.15. The molecule has 0 saturated heterocycles. The van der Waals surface area contributed by atoms with Crippen molar-refractivity contribution in [3.8, 4) is 5.75 Å². The molecular formula is C24H25FN2O2. The normalized spacial score (nSPS) is 11.6. The van der Waals surface area contributed by atoms with Crippen LogP contribution in [0, 0.1) is 5.82 Å². The highest BCUT2D eigenvalue weighted by atomic mass is 19.1. The van der Waals surface area contributed by atoms with Gasteiger partial charge in [-0.3, -0.25) is 4.79 Å². The first kappa shape index (κ1) is 20.6. The zero-order chi connectivity index (χ0) is 20.3. The minimum atomic E-state index is -0.392. The van der Waals surface area contributed by atoms with Crippen LogP contribution in [0.5, 0.6) is 5.75 Å². The number of amides is 1. The Morgan fingerprint density at radius 3 is 2.28 bits per heavy atom. The number of hydrogen-bond acceptors (Lipinski definition) is 3. The number of halogens is 1. The topological polar surface area (TPSA) is 50.4 Å². The molecule has 4 nitrogen and oxygen atoms in total. The van der Waals surface area contributed by atoms with Crippen LogP contribution in [0.2, 0.25) is 0 Å². The number of nitrogens with one attached hydrogen (secondary N) is 2. The summed E-state index contributed by atoms with van der Waals surface area (Å²) in [5.74, 6) is -0.275. The number of rotatable bonds is 10. The molecule has 0 aliphatic rings. The van der Waals surface area contributed by atoms with Crippen LogP contribution in [0.4, 0.5) is 4.39 Å². The van der Waals surface area contributed by atoms with E-state index in [-0.39, 0.29) is 30.9 Å². The van der Waals surface area contributed by atoms with Gasteiger partial charge < -0.3 is 15.4 Å². The Labute approximate surface area is 170 Å². The molecule has 2 N–H and O–H groups in total. The molecule has 0 radical (unpaired) electrons. The number of benzene rings is 3. The third-order valence-corrected chi connectivity index (χ3v) is 4.48. The Balaban J connectivity index is 1.47. The smallest absolute Gasteiger partial charge is 0.234 e. The van der Waals surface area contributed by atoms with Crippen molar-refractivity contribution < 1.29 is 13.9 Å². The Morgan fingerprint density at radius 2 is 1.55 bits per heavy atom. The minimum Gasteiger partial charge on any atom is -0.489 e. The van der Waals surface area contributed by atoms with Crippen molar-refractivity contribution in [2.45, 2.75) is 12.5 Å². The van der Waals surface area contributed by atoms with Crippen LogP contribution in [0.15, 0.2) is 84.9 Å². The zero-order valence-electron chi connectivity index (χ0n) is 16.2. The molecule has 29 heavy (non-hydrogen) atoms. The second-order valence-electron chi connectivity index (χ2n) is 6.68. The van der Waals surface area contributed by atoms with Gasteiger partial charge in [0.25, 0.3) is 0 Å². The van der Waals surface area contributed by atoms with E-state index in [2.05, 4.69) is 22.8 Å². The molecule has 0 aliphatic heterocycles. The van der Waals surface area contributed by atoms with Gasteiger partial charge in [-0.25, -0.2) is 4.39 Å². The first-order valence-corrected chi connectivity index (χ1v) is 9.68. The van der Waals surface area contributed by atoms with E-state index in [4.69, 9.17) is 4.74 Å². The monoisotopic (exact) mass is 392 g/mol. The van der Waals surface area contributed by atoms with Crippen molar-refractivity contribution in [1.29, 1.82) is 0 Å². The van der Waals surface area contributed by atoms with E-state index in [1.54, 1.807) is 18.2 Å². The Kier molecular flexibility index (Phi) is 7.78. The molecule has 3 aromatic rings. The van der Waals surface area contributed by atoms with Gasteiger partial charge in [-0.2, -0.15) is 0 Å². The summed E-state index contributed by atoms with van der Waals surface area (Å²) >= 11 is 0. The summed E-state index contributed by atoms with van der Waals surface area (Å²) in [7, 11) is 0. The molecular weight excluding hydrogens is 367 g/mol. The first-order valence-electron chi connectivity index (χ1n) is 9.68. The number of para-hydroxylation sites is 1. The third-order valence-electron chi connectivity index (χ3n) is 4.48. The summed E-state index contributed by atoms with van der Waals surface area (Å²) in [4.78, 5) is 12.4. The van der Waals surface area contributed by atoms with Crippen LogP contribution in [-0.2, 0) is 11.2 Å². The SMILES string of the molecule is O=C(CNCCOc1ccccc1F)N[C@@H](Cc1ccccc1)c1ccccc1. The number of ether oxygens (including phenoxy) is 1. The van der Waals surface area contributed by atoms with Gasteiger partial charge in [0, 0.05) is 6.54 Å². The minimum absolute atomic E-state index is 0.0966. The van der Waals surface area contributed by atoms with Crippen LogP contribution in [0.25, 0.3) is 0 Å². The predicted octanol–water partition coefficient (Wildman–Crippen LogP) is 3.89. The van der Waals surface area contributed by atoms with Gasteiger partial charge in [-0.1, -0.05) is 72.8 Å². The molecule has 3 aromatic carbocycles. The molecule has 0 fully saturated rings. The second kappa shape index (κ2) is 11.0. The van der Waals surface area contributed by atoms with Crippen LogP contribution in [-0.4, -0.2) is 25.6 Å². The van der Waals surface area contributed by atoms with Crippen LogP contribution < -0.4 is 15.4 Å². The highest BCUT2D eigenvalue weighted by molar-refractivity contribution is 5.78.